The van der Waals surface area contributed by atoms with Crippen molar-refractivity contribution in [2.75, 3.05) is 5.32 Å². The predicted octanol–water partition coefficient (Wildman–Crippen LogP) is 6.62. The number of hydrogen-bond donors (Lipinski definition) is 1. The van der Waals surface area contributed by atoms with E-state index in [2.05, 4.69) is 10.3 Å². The summed E-state index contributed by atoms with van der Waals surface area (Å²) in [4.78, 5) is 27.3. The average molecular weight is 463 g/mol. The summed E-state index contributed by atoms with van der Waals surface area (Å²) in [7, 11) is 0. The van der Waals surface area contributed by atoms with E-state index >= 15 is 0 Å². The molecule has 0 bridgehead atoms. The van der Waals surface area contributed by atoms with E-state index in [0.717, 1.165) is 6.07 Å². The predicted molar refractivity (Wildman–Crippen MR) is 116 cm³/mol. The van der Waals surface area contributed by atoms with Gasteiger partial charge in [-0.2, -0.15) is 0 Å². The zero-order valence-corrected chi connectivity index (χ0v) is 17.1. The van der Waals surface area contributed by atoms with Gasteiger partial charge < -0.3 is 9.73 Å². The Hall–Kier alpha value is -3.13. The number of amides is 1. The molecule has 1 N–H and O–H groups in total. The molecular weight excluding hydrogens is 453 g/mol. The quantitative estimate of drug-likeness (QED) is 0.271. The second-order valence-electron chi connectivity index (χ2n) is 6.20. The van der Waals surface area contributed by atoms with Crippen molar-refractivity contribution in [2.24, 2.45) is 0 Å². The number of non-ortho nitro benzene ring substituents is 1. The van der Waals surface area contributed by atoms with E-state index in [9.17, 15) is 14.9 Å². The highest BCUT2D eigenvalue weighted by Gasteiger charge is 2.17. The highest BCUT2D eigenvalue weighted by Crippen LogP contribution is 2.32. The fourth-order valence-corrected chi connectivity index (χ4v) is 3.48. The number of halogens is 3. The second kappa shape index (κ2) is 7.95. The van der Waals surface area contributed by atoms with Crippen LogP contribution in [0.1, 0.15) is 10.4 Å². The molecule has 1 heterocycles. The highest BCUT2D eigenvalue weighted by atomic mass is 35.5. The molecule has 10 heteroatoms. The van der Waals surface area contributed by atoms with Crippen molar-refractivity contribution in [2.45, 2.75) is 0 Å². The van der Waals surface area contributed by atoms with Crippen molar-refractivity contribution in [1.82, 2.24) is 4.98 Å². The maximum Gasteiger partial charge on any atom is 0.270 e. The van der Waals surface area contributed by atoms with Gasteiger partial charge in [-0.25, -0.2) is 4.98 Å². The molecule has 3 aromatic carbocycles. The van der Waals surface area contributed by atoms with Crippen LogP contribution in [0.2, 0.25) is 15.1 Å². The van der Waals surface area contributed by atoms with Crippen molar-refractivity contribution in [3.63, 3.8) is 0 Å². The molecule has 7 nitrogen and oxygen atoms in total. The summed E-state index contributed by atoms with van der Waals surface area (Å²) in [5, 5.41) is 14.6. The monoisotopic (exact) mass is 461 g/mol. The molecule has 4 rings (SSSR count). The van der Waals surface area contributed by atoms with Gasteiger partial charge in [-0.15, -0.1) is 0 Å². The zero-order chi connectivity index (χ0) is 21.4. The molecule has 0 saturated carbocycles. The number of aromatic nitrogens is 1. The van der Waals surface area contributed by atoms with Crippen molar-refractivity contribution in [3.05, 3.63) is 85.3 Å². The number of nitrogens with one attached hydrogen (secondary N) is 1. The Kier molecular flexibility index (Phi) is 5.34. The lowest BCUT2D eigenvalue weighted by molar-refractivity contribution is -0.384. The summed E-state index contributed by atoms with van der Waals surface area (Å²) in [6.45, 7) is 0. The van der Waals surface area contributed by atoms with Crippen LogP contribution in [0.25, 0.3) is 22.6 Å². The van der Waals surface area contributed by atoms with E-state index in [-0.39, 0.29) is 16.3 Å². The molecule has 0 atom stereocenters. The van der Waals surface area contributed by atoms with E-state index < -0.39 is 10.8 Å². The summed E-state index contributed by atoms with van der Waals surface area (Å²) in [5.74, 6) is -0.288. The number of nitro groups is 1. The summed E-state index contributed by atoms with van der Waals surface area (Å²) in [6.07, 6.45) is 0. The molecule has 1 amide bonds. The standard InChI is InChI=1S/C20H10Cl3N3O4/c21-10-1-4-13(16(23)7-10)20-25-17-8-11(2-6-18(17)30-20)24-19(27)14-9-12(26(28)29)3-5-15(14)22/h1-9H,(H,24,27). The minimum atomic E-state index is -0.599. The molecule has 0 radical (unpaired) electrons. The molecule has 30 heavy (non-hydrogen) atoms. The van der Waals surface area contributed by atoms with Crippen LogP contribution < -0.4 is 5.32 Å². The Morgan fingerprint density at radius 2 is 1.80 bits per heavy atom. The van der Waals surface area contributed by atoms with Crippen molar-refractivity contribution < 1.29 is 14.1 Å². The smallest absolute Gasteiger partial charge is 0.270 e. The number of carbonyl (C=O) groups is 1. The van der Waals surface area contributed by atoms with Gasteiger partial charge >= 0.3 is 0 Å². The fraction of sp³-hybridized carbons (Fsp3) is 0. The van der Waals surface area contributed by atoms with Gasteiger partial charge in [-0.1, -0.05) is 34.8 Å². The molecule has 150 valence electrons. The maximum atomic E-state index is 12.6. The highest BCUT2D eigenvalue weighted by molar-refractivity contribution is 6.36. The zero-order valence-electron chi connectivity index (χ0n) is 14.9. The van der Waals surface area contributed by atoms with Crippen LogP contribution in [-0.2, 0) is 0 Å². The van der Waals surface area contributed by atoms with Crippen LogP contribution >= 0.6 is 34.8 Å². The van der Waals surface area contributed by atoms with Crippen molar-refractivity contribution >= 4 is 63.2 Å². The summed E-state index contributed by atoms with van der Waals surface area (Å²) in [5.41, 5.74) is 1.71. The molecule has 0 aliphatic rings. The minimum absolute atomic E-state index is 0.0141. The number of hydrogen-bond acceptors (Lipinski definition) is 5. The summed E-state index contributed by atoms with van der Waals surface area (Å²) >= 11 is 18.1. The molecule has 0 spiro atoms. The van der Waals surface area contributed by atoms with E-state index in [1.165, 1.54) is 12.1 Å². The van der Waals surface area contributed by atoms with Gasteiger partial charge in [0.25, 0.3) is 11.6 Å². The van der Waals surface area contributed by atoms with E-state index in [1.807, 2.05) is 0 Å². The van der Waals surface area contributed by atoms with Crippen LogP contribution in [0.4, 0.5) is 11.4 Å². The SMILES string of the molecule is O=C(Nc1ccc2oc(-c3ccc(Cl)cc3Cl)nc2c1)c1cc([N+](=O)[O-])ccc1Cl. The number of rotatable bonds is 4. The van der Waals surface area contributed by atoms with Crippen LogP contribution in [0, 0.1) is 10.1 Å². The molecule has 0 aliphatic carbocycles. The van der Waals surface area contributed by atoms with Gasteiger partial charge in [0.1, 0.15) is 5.52 Å². The Balaban J connectivity index is 1.64. The fourth-order valence-electron chi connectivity index (χ4n) is 2.78. The Morgan fingerprint density at radius 1 is 1.00 bits per heavy atom. The van der Waals surface area contributed by atoms with E-state index in [4.69, 9.17) is 39.2 Å². The number of oxazole rings is 1. The lowest BCUT2D eigenvalue weighted by Crippen LogP contribution is -2.12. The van der Waals surface area contributed by atoms with Crippen LogP contribution in [-0.4, -0.2) is 15.8 Å². The molecule has 0 unspecified atom stereocenters. The topological polar surface area (TPSA) is 98.3 Å². The number of fused-ring (bicyclic) bond motifs is 1. The molecule has 4 aromatic rings. The first-order valence-electron chi connectivity index (χ1n) is 8.43. The van der Waals surface area contributed by atoms with Gasteiger partial charge in [0.2, 0.25) is 5.89 Å². The number of nitro benzene ring substituents is 1. The number of nitrogens with zero attached hydrogens (tertiary/aromatic N) is 2. The van der Waals surface area contributed by atoms with Gasteiger partial charge in [-0.05, 0) is 42.5 Å². The van der Waals surface area contributed by atoms with Crippen molar-refractivity contribution in [3.8, 4) is 11.5 Å². The average Bonchev–Trinajstić information content (AvgIpc) is 3.11. The maximum absolute atomic E-state index is 12.6. The van der Waals surface area contributed by atoms with Gasteiger partial charge in [0, 0.05) is 22.8 Å². The molecular formula is C20H10Cl3N3O4. The lowest BCUT2D eigenvalue weighted by Gasteiger charge is -2.06. The molecule has 1 aromatic heterocycles. The second-order valence-corrected chi connectivity index (χ2v) is 7.45. The Morgan fingerprint density at radius 3 is 2.53 bits per heavy atom. The van der Waals surface area contributed by atoms with Crippen LogP contribution in [0.3, 0.4) is 0 Å². The first-order valence-corrected chi connectivity index (χ1v) is 9.56. The third kappa shape index (κ3) is 3.95. The van der Waals surface area contributed by atoms with E-state index in [0.29, 0.717) is 38.3 Å². The van der Waals surface area contributed by atoms with Crippen LogP contribution in [0.5, 0.6) is 0 Å². The van der Waals surface area contributed by atoms with Gasteiger partial charge in [-0.3, -0.25) is 14.9 Å². The number of anilines is 1. The normalized spacial score (nSPS) is 10.9. The summed E-state index contributed by atoms with van der Waals surface area (Å²) < 4.78 is 5.73. The van der Waals surface area contributed by atoms with Gasteiger partial charge in [0.15, 0.2) is 5.58 Å². The number of benzene rings is 3. The van der Waals surface area contributed by atoms with Gasteiger partial charge in [0.05, 0.1) is 26.1 Å². The minimum Gasteiger partial charge on any atom is -0.436 e. The van der Waals surface area contributed by atoms with Crippen LogP contribution in [0.15, 0.2) is 59.0 Å². The Bertz CT molecular complexity index is 1320. The first kappa shape index (κ1) is 20.2. The lowest BCUT2D eigenvalue weighted by atomic mass is 10.2. The molecule has 0 saturated heterocycles. The number of carbonyl (C=O) groups excluding carboxylic acids is 1. The first-order chi connectivity index (χ1) is 14.3. The largest absolute Gasteiger partial charge is 0.436 e. The van der Waals surface area contributed by atoms with E-state index in [1.54, 1.807) is 36.4 Å². The third-order valence-corrected chi connectivity index (χ3v) is 5.09. The molecule has 0 fully saturated rings. The van der Waals surface area contributed by atoms with Crippen molar-refractivity contribution in [1.29, 1.82) is 0 Å². The third-order valence-electron chi connectivity index (χ3n) is 4.21. The molecule has 0 aliphatic heterocycles. The summed E-state index contributed by atoms with van der Waals surface area (Å²) in [6, 6.07) is 13.5. The Labute approximate surface area is 184 Å².